The van der Waals surface area contributed by atoms with E-state index in [1.165, 1.54) is 10.9 Å². The van der Waals surface area contributed by atoms with Gasteiger partial charge in [0.05, 0.1) is 16.9 Å². The van der Waals surface area contributed by atoms with E-state index >= 15 is 0 Å². The summed E-state index contributed by atoms with van der Waals surface area (Å²) in [4.78, 5) is 30.7. The molecule has 3 aliphatic rings. The fourth-order valence-electron chi connectivity index (χ4n) is 5.89. The molecular formula is C27H30N4O3. The topological polar surface area (TPSA) is 66.8 Å². The van der Waals surface area contributed by atoms with Gasteiger partial charge in [0.2, 0.25) is 5.91 Å². The number of anilines is 1. The summed E-state index contributed by atoms with van der Waals surface area (Å²) in [5, 5.41) is 4.34. The number of nitrogens with one attached hydrogen (secondary N) is 1. The third-order valence-corrected chi connectivity index (χ3v) is 7.64. The van der Waals surface area contributed by atoms with Crippen LogP contribution >= 0.6 is 0 Å². The van der Waals surface area contributed by atoms with E-state index in [4.69, 9.17) is 4.74 Å². The Morgan fingerprint density at radius 1 is 1.09 bits per heavy atom. The first-order valence-corrected chi connectivity index (χ1v) is 12.2. The van der Waals surface area contributed by atoms with Crippen LogP contribution in [0.4, 0.5) is 5.69 Å². The highest BCUT2D eigenvalue weighted by Gasteiger charge is 2.42. The largest absolute Gasteiger partial charge is 0.381 e. The third kappa shape index (κ3) is 3.38. The normalized spacial score (nSPS) is 20.1. The number of para-hydroxylation sites is 2. The molecule has 1 atom stereocenters. The van der Waals surface area contributed by atoms with Crippen LogP contribution in [-0.4, -0.2) is 54.6 Å². The highest BCUT2D eigenvalue weighted by atomic mass is 16.5. The minimum atomic E-state index is -0.234. The van der Waals surface area contributed by atoms with E-state index in [0.29, 0.717) is 19.0 Å². The van der Waals surface area contributed by atoms with Gasteiger partial charge in [0.15, 0.2) is 0 Å². The van der Waals surface area contributed by atoms with Crippen molar-refractivity contribution in [3.8, 4) is 0 Å². The number of carbonyl (C=O) groups is 2. The summed E-state index contributed by atoms with van der Waals surface area (Å²) >= 11 is 0. The fourth-order valence-corrected chi connectivity index (χ4v) is 5.89. The number of benzene rings is 2. The summed E-state index contributed by atoms with van der Waals surface area (Å²) in [5.41, 5.74) is 5.02. The number of aromatic nitrogens is 1. The molecule has 34 heavy (non-hydrogen) atoms. The summed E-state index contributed by atoms with van der Waals surface area (Å²) < 4.78 is 7.58. The summed E-state index contributed by atoms with van der Waals surface area (Å²) in [6, 6.07) is 16.1. The predicted molar refractivity (Wildman–Crippen MR) is 131 cm³/mol. The van der Waals surface area contributed by atoms with Gasteiger partial charge in [0, 0.05) is 44.3 Å². The van der Waals surface area contributed by atoms with Gasteiger partial charge in [0.1, 0.15) is 12.7 Å². The van der Waals surface area contributed by atoms with Crippen molar-refractivity contribution >= 4 is 28.4 Å². The van der Waals surface area contributed by atoms with E-state index in [0.717, 1.165) is 54.9 Å². The van der Waals surface area contributed by atoms with Crippen LogP contribution in [0.25, 0.3) is 10.9 Å². The Balaban J connectivity index is 1.38. The van der Waals surface area contributed by atoms with E-state index in [-0.39, 0.29) is 24.5 Å². The molecule has 6 rings (SSSR count). The van der Waals surface area contributed by atoms with Crippen molar-refractivity contribution in [3.05, 3.63) is 65.4 Å². The maximum absolute atomic E-state index is 13.4. The van der Waals surface area contributed by atoms with E-state index in [1.807, 2.05) is 42.3 Å². The Labute approximate surface area is 199 Å². The number of rotatable bonds is 4. The SMILES string of the molecule is CN1c2ccccc2C(=O)N2CCc3c(n(CC(=O)NCC4CCOCC4)c4ccccc34)C21. The zero-order valence-corrected chi connectivity index (χ0v) is 19.5. The number of nitrogens with zero attached hydrogens (tertiary/aromatic N) is 3. The van der Waals surface area contributed by atoms with Gasteiger partial charge in [0.25, 0.3) is 5.91 Å². The number of amides is 2. The monoisotopic (exact) mass is 458 g/mol. The highest BCUT2D eigenvalue weighted by molar-refractivity contribution is 6.02. The smallest absolute Gasteiger partial charge is 0.257 e. The van der Waals surface area contributed by atoms with Crippen LogP contribution in [-0.2, 0) is 22.5 Å². The van der Waals surface area contributed by atoms with Gasteiger partial charge in [-0.05, 0) is 48.9 Å². The second kappa shape index (κ2) is 8.47. The minimum absolute atomic E-state index is 0.0114. The van der Waals surface area contributed by atoms with Crippen molar-refractivity contribution in [3.63, 3.8) is 0 Å². The maximum atomic E-state index is 13.4. The molecule has 1 N–H and O–H groups in total. The molecule has 1 fully saturated rings. The Hall–Kier alpha value is -3.32. The molecule has 3 aliphatic heterocycles. The average Bonchev–Trinajstić information content (AvgIpc) is 3.20. The first kappa shape index (κ1) is 21.2. The van der Waals surface area contributed by atoms with E-state index < -0.39 is 0 Å². The molecule has 4 heterocycles. The molecular weight excluding hydrogens is 428 g/mol. The summed E-state index contributed by atoms with van der Waals surface area (Å²) in [5.74, 6) is 0.546. The van der Waals surface area contributed by atoms with Crippen molar-refractivity contribution < 1.29 is 14.3 Å². The van der Waals surface area contributed by atoms with Crippen molar-refractivity contribution in [2.45, 2.75) is 32.0 Å². The molecule has 176 valence electrons. The molecule has 2 aromatic carbocycles. The summed E-state index contributed by atoms with van der Waals surface area (Å²) in [6.45, 7) is 3.14. The lowest BCUT2D eigenvalue weighted by Crippen LogP contribution is -2.51. The van der Waals surface area contributed by atoms with Crippen LogP contribution in [0, 0.1) is 5.92 Å². The molecule has 1 saturated heterocycles. The summed E-state index contributed by atoms with van der Waals surface area (Å²) in [6.07, 6.45) is 2.53. The van der Waals surface area contributed by atoms with Crippen LogP contribution in [0.3, 0.4) is 0 Å². The third-order valence-electron chi connectivity index (χ3n) is 7.64. The van der Waals surface area contributed by atoms with Crippen molar-refractivity contribution in [2.24, 2.45) is 5.92 Å². The maximum Gasteiger partial charge on any atom is 0.257 e. The Kier molecular flexibility index (Phi) is 5.29. The zero-order valence-electron chi connectivity index (χ0n) is 19.5. The Morgan fingerprint density at radius 3 is 2.71 bits per heavy atom. The second-order valence-electron chi connectivity index (χ2n) is 9.58. The van der Waals surface area contributed by atoms with E-state index in [1.54, 1.807) is 0 Å². The number of ether oxygens (including phenoxy) is 1. The van der Waals surface area contributed by atoms with Gasteiger partial charge >= 0.3 is 0 Å². The van der Waals surface area contributed by atoms with Crippen LogP contribution < -0.4 is 10.2 Å². The van der Waals surface area contributed by atoms with Gasteiger partial charge in [-0.2, -0.15) is 0 Å². The Morgan fingerprint density at radius 2 is 1.85 bits per heavy atom. The Bertz CT molecular complexity index is 1260. The van der Waals surface area contributed by atoms with Gasteiger partial charge in [-0.1, -0.05) is 30.3 Å². The lowest BCUT2D eigenvalue weighted by molar-refractivity contribution is -0.122. The first-order valence-electron chi connectivity index (χ1n) is 12.2. The van der Waals surface area contributed by atoms with E-state index in [2.05, 4.69) is 33.0 Å². The van der Waals surface area contributed by atoms with Crippen molar-refractivity contribution in [1.82, 2.24) is 14.8 Å². The van der Waals surface area contributed by atoms with Crippen molar-refractivity contribution in [2.75, 3.05) is 38.3 Å². The highest BCUT2D eigenvalue weighted by Crippen LogP contribution is 2.44. The molecule has 0 radical (unpaired) electrons. The molecule has 1 aromatic heterocycles. The van der Waals surface area contributed by atoms with Crippen LogP contribution in [0.1, 0.15) is 40.6 Å². The zero-order chi connectivity index (χ0) is 23.2. The second-order valence-corrected chi connectivity index (χ2v) is 9.58. The van der Waals surface area contributed by atoms with Gasteiger partial charge in [-0.15, -0.1) is 0 Å². The summed E-state index contributed by atoms with van der Waals surface area (Å²) in [7, 11) is 2.05. The van der Waals surface area contributed by atoms with Gasteiger partial charge in [-0.3, -0.25) is 9.59 Å². The lowest BCUT2D eigenvalue weighted by atomic mass is 9.96. The van der Waals surface area contributed by atoms with Crippen molar-refractivity contribution in [1.29, 1.82) is 0 Å². The fraction of sp³-hybridized carbons (Fsp3) is 0.407. The quantitative estimate of drug-likeness (QED) is 0.651. The molecule has 0 saturated carbocycles. The molecule has 0 spiro atoms. The first-order chi connectivity index (χ1) is 16.6. The lowest BCUT2D eigenvalue weighted by Gasteiger charge is -2.46. The number of hydrogen-bond donors (Lipinski definition) is 1. The molecule has 0 bridgehead atoms. The molecule has 0 aliphatic carbocycles. The average molecular weight is 459 g/mol. The van der Waals surface area contributed by atoms with Crippen LogP contribution in [0.2, 0.25) is 0 Å². The van der Waals surface area contributed by atoms with Gasteiger partial charge < -0.3 is 24.4 Å². The molecule has 7 heteroatoms. The number of hydrogen-bond acceptors (Lipinski definition) is 4. The minimum Gasteiger partial charge on any atom is -0.381 e. The predicted octanol–water partition coefficient (Wildman–Crippen LogP) is 3.33. The van der Waals surface area contributed by atoms with Gasteiger partial charge in [-0.25, -0.2) is 0 Å². The molecule has 2 amide bonds. The van der Waals surface area contributed by atoms with Crippen LogP contribution in [0.15, 0.2) is 48.5 Å². The number of carbonyl (C=O) groups excluding carboxylic acids is 2. The molecule has 1 unspecified atom stereocenters. The standard InChI is InChI=1S/C27H30N4O3/c1-29-22-8-4-3-7-21(22)27(33)30-13-10-20-19-6-2-5-9-23(19)31(25(20)26(29)30)17-24(32)28-16-18-11-14-34-15-12-18/h2-9,18,26H,10-17H2,1H3,(H,28,32). The molecule has 3 aromatic rings. The van der Waals surface area contributed by atoms with Crippen LogP contribution in [0.5, 0.6) is 0 Å². The molecule has 7 nitrogen and oxygen atoms in total. The van der Waals surface area contributed by atoms with E-state index in [9.17, 15) is 9.59 Å². The number of fused-ring (bicyclic) bond motifs is 6.